The molecule has 0 saturated carbocycles. The van der Waals surface area contributed by atoms with E-state index >= 15 is 0 Å². The van der Waals surface area contributed by atoms with E-state index in [4.69, 9.17) is 31.5 Å². The Morgan fingerprint density at radius 3 is 2.39 bits per heavy atom. The third kappa shape index (κ3) is 4.60. The van der Waals surface area contributed by atoms with E-state index in [0.717, 1.165) is 0 Å². The molecule has 2 aromatic carbocycles. The smallest absolute Gasteiger partial charge is 0.338 e. The molecule has 0 amide bonds. The van der Waals surface area contributed by atoms with E-state index < -0.39 is 29.9 Å². The van der Waals surface area contributed by atoms with Crippen LogP contribution in [0.15, 0.2) is 67.0 Å². The molecule has 0 spiro atoms. The maximum absolute atomic E-state index is 13.0. The van der Waals surface area contributed by atoms with E-state index in [0.29, 0.717) is 22.3 Å². The van der Waals surface area contributed by atoms with Gasteiger partial charge in [0, 0.05) is 6.42 Å². The first-order valence-corrected chi connectivity index (χ1v) is 11.5. The van der Waals surface area contributed by atoms with Crippen molar-refractivity contribution in [1.82, 2.24) is 19.5 Å². The number of nitrogen functional groups attached to an aromatic ring is 1. The third-order valence-electron chi connectivity index (χ3n) is 5.87. The van der Waals surface area contributed by atoms with Gasteiger partial charge in [-0.25, -0.2) is 14.6 Å². The molecule has 184 valence electrons. The number of ether oxygens (including phenoxy) is 3. The van der Waals surface area contributed by atoms with Crippen LogP contribution in [-0.2, 0) is 14.2 Å². The summed E-state index contributed by atoms with van der Waals surface area (Å²) in [6, 6.07) is 17.3. The molecule has 5 rings (SSSR count). The number of hydrogen-bond acceptors (Lipinski definition) is 9. The first kappa shape index (κ1) is 23.7. The summed E-state index contributed by atoms with van der Waals surface area (Å²) >= 11 is 6.20. The molecular formula is C25H22ClN5O5. The fourth-order valence-electron chi connectivity index (χ4n) is 4.22. The Kier molecular flexibility index (Phi) is 6.29. The molecule has 0 aliphatic carbocycles. The van der Waals surface area contributed by atoms with Crippen LogP contribution < -0.4 is 5.73 Å². The zero-order chi connectivity index (χ0) is 25.3. The normalized spacial score (nSPS) is 21.4. The van der Waals surface area contributed by atoms with Crippen LogP contribution >= 0.6 is 11.6 Å². The van der Waals surface area contributed by atoms with Gasteiger partial charge in [-0.1, -0.05) is 48.0 Å². The highest BCUT2D eigenvalue weighted by atomic mass is 35.5. The van der Waals surface area contributed by atoms with Crippen molar-refractivity contribution < 1.29 is 23.8 Å². The highest BCUT2D eigenvalue weighted by molar-refractivity contribution is 6.33. The highest BCUT2D eigenvalue weighted by Crippen LogP contribution is 2.43. The monoisotopic (exact) mass is 507 g/mol. The number of nitrogens with two attached hydrogens (primary N) is 1. The number of esters is 2. The molecular weight excluding hydrogens is 486 g/mol. The molecule has 0 radical (unpaired) electrons. The molecule has 0 bridgehead atoms. The number of rotatable bonds is 6. The van der Waals surface area contributed by atoms with Crippen LogP contribution in [0.2, 0.25) is 5.15 Å². The third-order valence-corrected chi connectivity index (χ3v) is 6.13. The molecule has 2 aromatic heterocycles. The fraction of sp³-hybridized carbons (Fsp3) is 0.240. The van der Waals surface area contributed by atoms with Crippen molar-refractivity contribution in [3.63, 3.8) is 0 Å². The Bertz CT molecular complexity index is 1410. The number of fused-ring (bicyclic) bond motifs is 1. The average Bonchev–Trinajstić information content (AvgIpc) is 3.44. The number of halogens is 1. The van der Waals surface area contributed by atoms with Crippen LogP contribution in [0.4, 0.5) is 5.95 Å². The number of carbonyl (C=O) groups excluding carboxylic acids is 2. The first-order valence-electron chi connectivity index (χ1n) is 11.2. The summed E-state index contributed by atoms with van der Waals surface area (Å²) in [6.45, 7) is 1.70. The van der Waals surface area contributed by atoms with Gasteiger partial charge in [-0.2, -0.15) is 9.97 Å². The number of imidazole rings is 1. The van der Waals surface area contributed by atoms with Gasteiger partial charge in [0.15, 0.2) is 22.6 Å². The van der Waals surface area contributed by atoms with Crippen molar-refractivity contribution in [2.45, 2.75) is 31.3 Å². The molecule has 36 heavy (non-hydrogen) atoms. The fourth-order valence-corrected chi connectivity index (χ4v) is 4.44. The quantitative estimate of drug-likeness (QED) is 0.305. The second-order valence-electron chi connectivity index (χ2n) is 8.54. The van der Waals surface area contributed by atoms with E-state index in [1.165, 1.54) is 6.33 Å². The zero-order valence-electron chi connectivity index (χ0n) is 19.2. The van der Waals surface area contributed by atoms with Crippen LogP contribution in [0.5, 0.6) is 0 Å². The summed E-state index contributed by atoms with van der Waals surface area (Å²) < 4.78 is 19.3. The van der Waals surface area contributed by atoms with Crippen LogP contribution in [0.25, 0.3) is 11.2 Å². The largest absolute Gasteiger partial charge is 0.459 e. The summed E-state index contributed by atoms with van der Waals surface area (Å²) in [7, 11) is 0. The summed E-state index contributed by atoms with van der Waals surface area (Å²) in [4.78, 5) is 37.9. The number of hydrogen-bond donors (Lipinski definition) is 1. The van der Waals surface area contributed by atoms with Crippen molar-refractivity contribution in [3.8, 4) is 0 Å². The van der Waals surface area contributed by atoms with Gasteiger partial charge in [0.2, 0.25) is 5.95 Å². The lowest BCUT2D eigenvalue weighted by Crippen LogP contribution is -2.37. The van der Waals surface area contributed by atoms with Gasteiger partial charge in [-0.3, -0.25) is 4.57 Å². The molecule has 1 aliphatic heterocycles. The summed E-state index contributed by atoms with van der Waals surface area (Å²) in [5, 5.41) is 0.0885. The minimum absolute atomic E-state index is 0.0384. The number of aromatic nitrogens is 4. The Hall–Kier alpha value is -4.02. The first-order chi connectivity index (χ1) is 17.3. The van der Waals surface area contributed by atoms with Crippen LogP contribution in [0.1, 0.15) is 40.3 Å². The predicted octanol–water partition coefficient (Wildman–Crippen LogP) is 3.82. The number of nitrogens with zero attached hydrogens (tertiary/aromatic N) is 4. The Morgan fingerprint density at radius 1 is 1.08 bits per heavy atom. The topological polar surface area (TPSA) is 131 Å². The van der Waals surface area contributed by atoms with Crippen molar-refractivity contribution in [1.29, 1.82) is 0 Å². The van der Waals surface area contributed by atoms with E-state index in [1.807, 2.05) is 12.1 Å². The molecule has 11 heteroatoms. The minimum Gasteiger partial charge on any atom is -0.459 e. The van der Waals surface area contributed by atoms with E-state index in [-0.39, 0.29) is 24.1 Å². The highest BCUT2D eigenvalue weighted by Gasteiger charge is 2.50. The molecule has 4 aromatic rings. The van der Waals surface area contributed by atoms with Crippen molar-refractivity contribution >= 4 is 40.7 Å². The Balaban J connectivity index is 1.44. The van der Waals surface area contributed by atoms with Crippen LogP contribution in [0.3, 0.4) is 0 Å². The second-order valence-corrected chi connectivity index (χ2v) is 8.90. The molecule has 0 unspecified atom stereocenters. The molecule has 1 aliphatic rings. The molecule has 1 saturated heterocycles. The van der Waals surface area contributed by atoms with Gasteiger partial charge >= 0.3 is 11.9 Å². The standard InChI is InChI=1S/C25H22ClN5O5/c1-25(36-22(33)16-10-6-3-7-11-16)12-17(13-34-21(32)15-8-4-2-5-9-15)35-23(25)31-14-28-18-19(26)29-24(27)30-20(18)31/h2-11,14,17,23H,12-13H2,1H3,(H2,27,29,30)/t17-,23+,25+/m0/s1. The molecule has 10 nitrogen and oxygen atoms in total. The minimum atomic E-state index is -1.17. The van der Waals surface area contributed by atoms with Gasteiger partial charge in [0.25, 0.3) is 0 Å². The summed E-state index contributed by atoms with van der Waals surface area (Å²) in [5.74, 6) is -1.04. The van der Waals surface area contributed by atoms with Crippen molar-refractivity contribution in [3.05, 3.63) is 83.3 Å². The maximum atomic E-state index is 13.0. The van der Waals surface area contributed by atoms with Crippen molar-refractivity contribution in [2.75, 3.05) is 12.3 Å². The van der Waals surface area contributed by atoms with Crippen LogP contribution in [0, 0.1) is 0 Å². The SMILES string of the molecule is C[C@@]1(OC(=O)c2ccccc2)C[C@@H](COC(=O)c2ccccc2)O[C@H]1n1cnc2c(Cl)nc(N)nc21. The average molecular weight is 508 g/mol. The van der Waals surface area contributed by atoms with E-state index in [2.05, 4.69) is 15.0 Å². The molecule has 1 fully saturated rings. The van der Waals surface area contributed by atoms with Gasteiger partial charge in [0.1, 0.15) is 12.1 Å². The summed E-state index contributed by atoms with van der Waals surface area (Å²) in [5.41, 5.74) is 6.10. The molecule has 3 atom stereocenters. The summed E-state index contributed by atoms with van der Waals surface area (Å²) in [6.07, 6.45) is 0.276. The number of carbonyl (C=O) groups is 2. The number of anilines is 1. The zero-order valence-corrected chi connectivity index (χ0v) is 20.0. The van der Waals surface area contributed by atoms with E-state index in [9.17, 15) is 9.59 Å². The number of benzene rings is 2. The lowest BCUT2D eigenvalue weighted by Gasteiger charge is -2.30. The Morgan fingerprint density at radius 2 is 1.72 bits per heavy atom. The van der Waals surface area contributed by atoms with Gasteiger partial charge in [-0.15, -0.1) is 0 Å². The van der Waals surface area contributed by atoms with Crippen molar-refractivity contribution in [2.24, 2.45) is 0 Å². The van der Waals surface area contributed by atoms with E-state index in [1.54, 1.807) is 60.0 Å². The van der Waals surface area contributed by atoms with Gasteiger partial charge < -0.3 is 19.9 Å². The molecule has 3 heterocycles. The predicted molar refractivity (Wildman–Crippen MR) is 130 cm³/mol. The van der Waals surface area contributed by atoms with Gasteiger partial charge in [0.05, 0.1) is 23.6 Å². The lowest BCUT2D eigenvalue weighted by atomic mass is 9.99. The molecule has 2 N–H and O–H groups in total. The maximum Gasteiger partial charge on any atom is 0.338 e. The van der Waals surface area contributed by atoms with Gasteiger partial charge in [-0.05, 0) is 31.2 Å². The Labute approximate surface area is 211 Å². The lowest BCUT2D eigenvalue weighted by molar-refractivity contribution is -0.0953. The second kappa shape index (κ2) is 9.56. The van der Waals surface area contributed by atoms with Crippen LogP contribution in [-0.4, -0.2) is 49.8 Å².